The average molecular weight is 331 g/mol. The lowest BCUT2D eigenvalue weighted by Crippen LogP contribution is -2.26. The van der Waals surface area contributed by atoms with E-state index in [1.807, 2.05) is 0 Å². The smallest absolute Gasteiger partial charge is 0.335 e. The molecule has 0 aliphatic rings. The van der Waals surface area contributed by atoms with Crippen LogP contribution in [0.3, 0.4) is 0 Å². The molecule has 0 unspecified atom stereocenters. The number of nitrogens with zero attached hydrogens (tertiary/aromatic N) is 3. The van der Waals surface area contributed by atoms with Crippen LogP contribution in [0.2, 0.25) is 5.02 Å². The zero-order valence-electron chi connectivity index (χ0n) is 10.8. The van der Waals surface area contributed by atoms with Gasteiger partial charge in [-0.1, -0.05) is 11.6 Å². The normalized spacial score (nSPS) is 11.5. The van der Waals surface area contributed by atoms with Crippen LogP contribution in [0.25, 0.3) is 0 Å². The Bertz CT molecular complexity index is 768. The second-order valence-electron chi connectivity index (χ2n) is 4.09. The van der Waals surface area contributed by atoms with Crippen molar-refractivity contribution in [2.24, 2.45) is 7.05 Å². The number of hydrogen-bond donors (Lipinski definition) is 2. The van der Waals surface area contributed by atoms with Gasteiger partial charge in [0.05, 0.1) is 29.0 Å². The van der Waals surface area contributed by atoms with E-state index in [-0.39, 0.29) is 27.9 Å². The highest BCUT2D eigenvalue weighted by Crippen LogP contribution is 2.19. The third-order valence-corrected chi connectivity index (χ3v) is 4.51. The largest absolute Gasteiger partial charge is 0.478 e. The molecule has 2 rings (SSSR count). The standard InChI is InChI=1S/C11H11ClN4O4S/c1-16-10(9(12)6-14-16)21(19,20)15-5-8-4-7(11(17)18)2-3-13-8/h2-4,6,15H,5H2,1H3,(H,17,18). The molecule has 8 nitrogen and oxygen atoms in total. The predicted octanol–water partition coefficient (Wildman–Crippen LogP) is 0.645. The topological polar surface area (TPSA) is 114 Å². The summed E-state index contributed by atoms with van der Waals surface area (Å²) in [5, 5.41) is 12.4. The lowest BCUT2D eigenvalue weighted by molar-refractivity contribution is 0.0696. The number of pyridine rings is 1. The van der Waals surface area contributed by atoms with Gasteiger partial charge >= 0.3 is 5.97 Å². The van der Waals surface area contributed by atoms with Crippen molar-refractivity contribution in [1.29, 1.82) is 0 Å². The van der Waals surface area contributed by atoms with Crippen molar-refractivity contribution in [3.63, 3.8) is 0 Å². The highest BCUT2D eigenvalue weighted by atomic mass is 35.5. The van der Waals surface area contributed by atoms with E-state index in [9.17, 15) is 13.2 Å². The summed E-state index contributed by atoms with van der Waals surface area (Å²) in [6.45, 7) is -0.162. The molecule has 0 spiro atoms. The fourth-order valence-electron chi connectivity index (χ4n) is 1.65. The van der Waals surface area contributed by atoms with Crippen molar-refractivity contribution in [2.45, 2.75) is 11.6 Å². The zero-order valence-corrected chi connectivity index (χ0v) is 12.4. The molecule has 0 bridgehead atoms. The number of carboxylic acids is 1. The molecule has 0 aliphatic carbocycles. The Kier molecular flexibility index (Phi) is 4.26. The number of aromatic nitrogens is 3. The van der Waals surface area contributed by atoms with E-state index >= 15 is 0 Å². The average Bonchev–Trinajstić information content (AvgIpc) is 2.77. The Morgan fingerprint density at radius 1 is 1.52 bits per heavy atom. The van der Waals surface area contributed by atoms with E-state index in [2.05, 4.69) is 14.8 Å². The van der Waals surface area contributed by atoms with E-state index in [0.717, 1.165) is 4.68 Å². The zero-order chi connectivity index (χ0) is 15.6. The minimum atomic E-state index is -3.88. The Labute approximate surface area is 125 Å². The SMILES string of the molecule is Cn1ncc(Cl)c1S(=O)(=O)NCc1cc(C(=O)O)ccn1. The van der Waals surface area contributed by atoms with Gasteiger partial charge in [-0.2, -0.15) is 5.10 Å². The van der Waals surface area contributed by atoms with Crippen LogP contribution < -0.4 is 4.72 Å². The number of aromatic carboxylic acids is 1. The molecule has 2 aromatic heterocycles. The van der Waals surface area contributed by atoms with Gasteiger partial charge in [-0.3, -0.25) is 9.67 Å². The van der Waals surface area contributed by atoms with Crippen molar-refractivity contribution in [3.05, 3.63) is 40.8 Å². The fraction of sp³-hybridized carbons (Fsp3) is 0.182. The van der Waals surface area contributed by atoms with Gasteiger partial charge in [-0.05, 0) is 12.1 Å². The van der Waals surface area contributed by atoms with E-state index in [1.165, 1.54) is 31.6 Å². The number of carbonyl (C=O) groups is 1. The first-order valence-corrected chi connectivity index (χ1v) is 7.53. The Hall–Kier alpha value is -1.97. The van der Waals surface area contributed by atoms with Crippen LogP contribution in [0.1, 0.15) is 16.1 Å². The summed E-state index contributed by atoms with van der Waals surface area (Å²) in [7, 11) is -2.43. The molecule has 2 aromatic rings. The molecule has 0 aromatic carbocycles. The lowest BCUT2D eigenvalue weighted by atomic mass is 10.2. The van der Waals surface area contributed by atoms with Crippen molar-refractivity contribution in [2.75, 3.05) is 0 Å². The summed E-state index contributed by atoms with van der Waals surface area (Å²) in [6, 6.07) is 2.61. The van der Waals surface area contributed by atoms with Gasteiger partial charge in [-0.25, -0.2) is 17.9 Å². The van der Waals surface area contributed by atoms with Crippen LogP contribution in [0.4, 0.5) is 0 Å². The van der Waals surface area contributed by atoms with Gasteiger partial charge in [0.25, 0.3) is 10.0 Å². The second-order valence-corrected chi connectivity index (χ2v) is 6.18. The number of nitrogens with one attached hydrogen (secondary N) is 1. The molecular formula is C11H11ClN4O4S. The number of rotatable bonds is 5. The van der Waals surface area contributed by atoms with E-state index < -0.39 is 16.0 Å². The van der Waals surface area contributed by atoms with Crippen LogP contribution in [-0.2, 0) is 23.6 Å². The first-order chi connectivity index (χ1) is 9.81. The number of hydrogen-bond acceptors (Lipinski definition) is 5. The van der Waals surface area contributed by atoms with Crippen LogP contribution >= 0.6 is 11.6 Å². The Morgan fingerprint density at radius 3 is 2.81 bits per heavy atom. The minimum Gasteiger partial charge on any atom is -0.478 e. The lowest BCUT2D eigenvalue weighted by Gasteiger charge is -2.07. The molecule has 112 valence electrons. The Balaban J connectivity index is 2.20. The summed E-state index contributed by atoms with van der Waals surface area (Å²) in [5.74, 6) is -1.11. The maximum Gasteiger partial charge on any atom is 0.335 e. The van der Waals surface area contributed by atoms with Gasteiger partial charge in [0, 0.05) is 13.2 Å². The number of aryl methyl sites for hydroxylation is 1. The van der Waals surface area contributed by atoms with E-state index in [4.69, 9.17) is 16.7 Å². The number of halogens is 1. The molecule has 0 saturated carbocycles. The highest BCUT2D eigenvalue weighted by Gasteiger charge is 2.22. The first-order valence-electron chi connectivity index (χ1n) is 5.66. The molecule has 21 heavy (non-hydrogen) atoms. The molecule has 0 atom stereocenters. The third-order valence-electron chi connectivity index (χ3n) is 2.60. The maximum absolute atomic E-state index is 12.1. The van der Waals surface area contributed by atoms with Crippen LogP contribution in [0.15, 0.2) is 29.6 Å². The summed E-state index contributed by atoms with van der Waals surface area (Å²) in [4.78, 5) is 14.7. The van der Waals surface area contributed by atoms with Crippen LogP contribution in [0.5, 0.6) is 0 Å². The fourth-order valence-corrected chi connectivity index (χ4v) is 3.30. The summed E-state index contributed by atoms with van der Waals surface area (Å²) in [5.41, 5.74) is 0.300. The summed E-state index contributed by atoms with van der Waals surface area (Å²) < 4.78 is 27.7. The molecule has 0 amide bonds. The van der Waals surface area contributed by atoms with Gasteiger partial charge in [-0.15, -0.1) is 0 Å². The van der Waals surface area contributed by atoms with Crippen molar-refractivity contribution < 1.29 is 18.3 Å². The van der Waals surface area contributed by atoms with Crippen molar-refractivity contribution >= 4 is 27.6 Å². The third kappa shape index (κ3) is 3.38. The summed E-state index contributed by atoms with van der Waals surface area (Å²) in [6.07, 6.45) is 2.52. The molecule has 2 heterocycles. The van der Waals surface area contributed by atoms with E-state index in [0.29, 0.717) is 0 Å². The van der Waals surface area contributed by atoms with Crippen molar-refractivity contribution in [3.8, 4) is 0 Å². The Morgan fingerprint density at radius 2 is 2.24 bits per heavy atom. The number of sulfonamides is 1. The molecule has 0 fully saturated rings. The monoisotopic (exact) mass is 330 g/mol. The maximum atomic E-state index is 12.1. The van der Waals surface area contributed by atoms with Gasteiger partial charge in [0.2, 0.25) is 0 Å². The molecule has 10 heteroatoms. The number of carboxylic acid groups (broad SMARTS) is 1. The van der Waals surface area contributed by atoms with E-state index in [1.54, 1.807) is 0 Å². The van der Waals surface area contributed by atoms with Crippen molar-refractivity contribution in [1.82, 2.24) is 19.5 Å². The molecule has 2 N–H and O–H groups in total. The molecule has 0 aliphatic heterocycles. The minimum absolute atomic E-state index is 0.00255. The molecule has 0 radical (unpaired) electrons. The second kappa shape index (κ2) is 5.80. The first kappa shape index (κ1) is 15.4. The van der Waals surface area contributed by atoms with Crippen LogP contribution in [-0.4, -0.2) is 34.3 Å². The highest BCUT2D eigenvalue weighted by molar-refractivity contribution is 7.89. The van der Waals surface area contributed by atoms with Gasteiger partial charge in [0.15, 0.2) is 5.03 Å². The van der Waals surface area contributed by atoms with Crippen LogP contribution in [0, 0.1) is 0 Å². The molecular weight excluding hydrogens is 320 g/mol. The quantitative estimate of drug-likeness (QED) is 0.831. The predicted molar refractivity (Wildman–Crippen MR) is 73.4 cm³/mol. The summed E-state index contributed by atoms with van der Waals surface area (Å²) >= 11 is 5.78. The van der Waals surface area contributed by atoms with Gasteiger partial charge < -0.3 is 5.11 Å². The molecule has 0 saturated heterocycles. The van der Waals surface area contributed by atoms with Gasteiger partial charge in [0.1, 0.15) is 0 Å².